The lowest BCUT2D eigenvalue weighted by Gasteiger charge is -2.15. The van der Waals surface area contributed by atoms with Gasteiger partial charge in [-0.2, -0.15) is 0 Å². The number of halogens is 1. The maximum absolute atomic E-state index is 6.24. The third-order valence-corrected chi connectivity index (χ3v) is 6.77. The Labute approximate surface area is 189 Å². The third-order valence-electron chi connectivity index (χ3n) is 5.47. The number of benzene rings is 2. The van der Waals surface area contributed by atoms with E-state index < -0.39 is 0 Å². The monoisotopic (exact) mass is 454 g/mol. The van der Waals surface area contributed by atoms with Gasteiger partial charge in [0.1, 0.15) is 5.82 Å². The highest BCUT2D eigenvalue weighted by Gasteiger charge is 2.23. The molecule has 31 heavy (non-hydrogen) atoms. The van der Waals surface area contributed by atoms with E-state index in [2.05, 4.69) is 51.3 Å². The number of thioether (sulfide) groups is 1. The second kappa shape index (κ2) is 8.98. The summed E-state index contributed by atoms with van der Waals surface area (Å²) in [4.78, 5) is 4.94. The number of rotatable bonds is 7. The van der Waals surface area contributed by atoms with Crippen LogP contribution in [0.1, 0.15) is 36.4 Å². The van der Waals surface area contributed by atoms with Crippen molar-refractivity contribution in [1.82, 2.24) is 29.8 Å². The minimum atomic E-state index is 0.0455. The molecule has 7 nitrogen and oxygen atoms in total. The van der Waals surface area contributed by atoms with Crippen LogP contribution in [0.25, 0.3) is 11.0 Å². The fourth-order valence-electron chi connectivity index (χ4n) is 3.95. The molecule has 0 saturated carbocycles. The molecule has 1 fully saturated rings. The van der Waals surface area contributed by atoms with Crippen LogP contribution >= 0.6 is 23.4 Å². The molecule has 9 heteroatoms. The fourth-order valence-corrected chi connectivity index (χ4v) is 5.04. The van der Waals surface area contributed by atoms with Crippen molar-refractivity contribution in [3.05, 3.63) is 64.9 Å². The van der Waals surface area contributed by atoms with Crippen LogP contribution in [0.15, 0.2) is 53.7 Å². The first-order valence-electron chi connectivity index (χ1n) is 10.4. The van der Waals surface area contributed by atoms with Crippen LogP contribution in [-0.2, 0) is 17.8 Å². The highest BCUT2D eigenvalue weighted by Crippen LogP contribution is 2.35. The van der Waals surface area contributed by atoms with Gasteiger partial charge >= 0.3 is 0 Å². The zero-order valence-corrected chi connectivity index (χ0v) is 18.8. The lowest BCUT2D eigenvalue weighted by atomic mass is 10.2. The molecule has 0 aliphatic carbocycles. The summed E-state index contributed by atoms with van der Waals surface area (Å²) in [6.07, 6.45) is 2.33. The van der Waals surface area contributed by atoms with Gasteiger partial charge in [-0.15, -0.1) is 5.10 Å². The Kier molecular flexibility index (Phi) is 5.93. The first-order valence-corrected chi connectivity index (χ1v) is 11.7. The average Bonchev–Trinajstić information content (AvgIpc) is 3.51. The van der Waals surface area contributed by atoms with Gasteiger partial charge in [0.25, 0.3) is 0 Å². The van der Waals surface area contributed by atoms with Crippen molar-refractivity contribution in [3.63, 3.8) is 0 Å². The van der Waals surface area contributed by atoms with Crippen molar-refractivity contribution in [1.29, 1.82) is 0 Å². The van der Waals surface area contributed by atoms with E-state index in [0.29, 0.717) is 11.6 Å². The van der Waals surface area contributed by atoms with Crippen molar-refractivity contribution in [2.45, 2.75) is 49.4 Å². The third kappa shape index (κ3) is 4.46. The minimum absolute atomic E-state index is 0.0455. The van der Waals surface area contributed by atoms with Crippen LogP contribution in [0.4, 0.5) is 0 Å². The molecule has 160 valence electrons. The number of hydrogen-bond acceptors (Lipinski definition) is 6. The molecule has 0 bridgehead atoms. The summed E-state index contributed by atoms with van der Waals surface area (Å²) in [7, 11) is 0. The van der Waals surface area contributed by atoms with E-state index in [-0.39, 0.29) is 11.4 Å². The molecule has 0 N–H and O–H groups in total. The molecular formula is C22H23ClN6OS. The van der Waals surface area contributed by atoms with Gasteiger partial charge in [-0.05, 0) is 54.0 Å². The Bertz CT molecular complexity index is 1170. The summed E-state index contributed by atoms with van der Waals surface area (Å²) in [5.41, 5.74) is 3.18. The first-order chi connectivity index (χ1) is 15.2. The van der Waals surface area contributed by atoms with Crippen molar-refractivity contribution in [3.8, 4) is 0 Å². The zero-order valence-electron chi connectivity index (χ0n) is 17.2. The van der Waals surface area contributed by atoms with Crippen LogP contribution in [0.2, 0.25) is 5.02 Å². The van der Waals surface area contributed by atoms with Crippen molar-refractivity contribution in [2.75, 3.05) is 6.61 Å². The number of imidazole rings is 1. The van der Waals surface area contributed by atoms with Gasteiger partial charge in [-0.3, -0.25) is 0 Å². The molecule has 1 aliphatic rings. The second-order valence-corrected chi connectivity index (χ2v) is 9.46. The molecule has 1 saturated heterocycles. The number of nitrogens with zero attached hydrogens (tertiary/aromatic N) is 6. The molecular weight excluding hydrogens is 432 g/mol. The summed E-state index contributed by atoms with van der Waals surface area (Å²) in [5, 5.41) is 13.8. The molecule has 3 heterocycles. The van der Waals surface area contributed by atoms with E-state index in [4.69, 9.17) is 21.3 Å². The molecule has 5 rings (SSSR count). The SMILES string of the molecule is CC(Sc1nnnn1CC1CCCO1)c1nc2cc(Cl)ccc2n1Cc1ccccc1. The molecule has 2 aromatic carbocycles. The summed E-state index contributed by atoms with van der Waals surface area (Å²) >= 11 is 7.85. The Morgan fingerprint density at radius 1 is 1.23 bits per heavy atom. The average molecular weight is 455 g/mol. The van der Waals surface area contributed by atoms with Crippen molar-refractivity contribution in [2.24, 2.45) is 0 Å². The Balaban J connectivity index is 1.45. The Morgan fingerprint density at radius 2 is 2.10 bits per heavy atom. The Morgan fingerprint density at radius 3 is 2.90 bits per heavy atom. The van der Waals surface area contributed by atoms with E-state index in [9.17, 15) is 0 Å². The smallest absolute Gasteiger partial charge is 0.210 e. The van der Waals surface area contributed by atoms with Gasteiger partial charge in [0.2, 0.25) is 5.16 Å². The molecule has 2 aromatic heterocycles. The van der Waals surface area contributed by atoms with E-state index in [1.807, 2.05) is 28.9 Å². The number of tetrazole rings is 1. The van der Waals surface area contributed by atoms with Crippen LogP contribution in [-0.4, -0.2) is 42.5 Å². The van der Waals surface area contributed by atoms with Crippen molar-refractivity contribution >= 4 is 34.4 Å². The predicted molar refractivity (Wildman–Crippen MR) is 121 cm³/mol. The summed E-state index contributed by atoms with van der Waals surface area (Å²) in [6.45, 7) is 4.37. The summed E-state index contributed by atoms with van der Waals surface area (Å²) in [5.74, 6) is 0.970. The van der Waals surface area contributed by atoms with E-state index >= 15 is 0 Å². The van der Waals surface area contributed by atoms with E-state index in [0.717, 1.165) is 48.0 Å². The lowest BCUT2D eigenvalue weighted by molar-refractivity contribution is 0.0911. The standard InChI is InChI=1S/C22H23ClN6OS/c1-15(31-22-25-26-27-29(22)14-18-8-5-11-30-18)21-24-19-12-17(23)9-10-20(19)28(21)13-16-6-3-2-4-7-16/h2-4,6-7,9-10,12,15,18H,5,8,11,13-14H2,1H3. The van der Waals surface area contributed by atoms with Crippen molar-refractivity contribution < 1.29 is 4.74 Å². The molecule has 1 aliphatic heterocycles. The largest absolute Gasteiger partial charge is 0.376 e. The van der Waals surface area contributed by atoms with Crippen LogP contribution < -0.4 is 0 Å². The summed E-state index contributed by atoms with van der Waals surface area (Å²) < 4.78 is 9.86. The van der Waals surface area contributed by atoms with E-state index in [1.54, 1.807) is 11.8 Å². The maximum atomic E-state index is 6.24. The maximum Gasteiger partial charge on any atom is 0.210 e. The molecule has 0 spiro atoms. The predicted octanol–water partition coefficient (Wildman–Crippen LogP) is 4.76. The number of ether oxygens (including phenoxy) is 1. The van der Waals surface area contributed by atoms with Gasteiger partial charge < -0.3 is 9.30 Å². The highest BCUT2D eigenvalue weighted by molar-refractivity contribution is 7.99. The van der Waals surface area contributed by atoms with Crippen LogP contribution in [0.3, 0.4) is 0 Å². The fraction of sp³-hybridized carbons (Fsp3) is 0.364. The Hall–Kier alpha value is -2.42. The van der Waals surface area contributed by atoms with Gasteiger partial charge in [-0.25, -0.2) is 9.67 Å². The van der Waals surface area contributed by atoms with Crippen LogP contribution in [0, 0.1) is 0 Å². The quantitative estimate of drug-likeness (QED) is 0.375. The van der Waals surface area contributed by atoms with Gasteiger partial charge in [0.15, 0.2) is 0 Å². The number of aromatic nitrogens is 6. The van der Waals surface area contributed by atoms with Gasteiger partial charge in [-0.1, -0.05) is 53.7 Å². The highest BCUT2D eigenvalue weighted by atomic mass is 35.5. The normalized spacial score (nSPS) is 17.4. The molecule has 0 radical (unpaired) electrons. The molecule has 2 unspecified atom stereocenters. The van der Waals surface area contributed by atoms with Crippen LogP contribution in [0.5, 0.6) is 0 Å². The molecule has 4 aromatic rings. The molecule has 2 atom stereocenters. The minimum Gasteiger partial charge on any atom is -0.376 e. The van der Waals surface area contributed by atoms with E-state index in [1.165, 1.54) is 5.56 Å². The first kappa shape index (κ1) is 20.5. The summed E-state index contributed by atoms with van der Waals surface area (Å²) in [6, 6.07) is 16.3. The van der Waals surface area contributed by atoms with Gasteiger partial charge in [0, 0.05) is 18.2 Å². The second-order valence-electron chi connectivity index (χ2n) is 7.71. The lowest BCUT2D eigenvalue weighted by Crippen LogP contribution is -2.17. The molecule has 0 amide bonds. The van der Waals surface area contributed by atoms with Gasteiger partial charge in [0.05, 0.1) is 28.9 Å². The number of hydrogen-bond donors (Lipinski definition) is 0. The number of fused-ring (bicyclic) bond motifs is 1. The zero-order chi connectivity index (χ0) is 21.2. The topological polar surface area (TPSA) is 70.7 Å².